The van der Waals surface area contributed by atoms with E-state index < -0.39 is 162 Å². The second kappa shape index (κ2) is 38.8. The van der Waals surface area contributed by atoms with Gasteiger partial charge in [0.2, 0.25) is 76.8 Å². The van der Waals surface area contributed by atoms with Crippen molar-refractivity contribution in [2.45, 2.75) is 133 Å². The average Bonchev–Trinajstić information content (AvgIpc) is 1.10. The Kier molecular flexibility index (Phi) is 32.2. The van der Waals surface area contributed by atoms with Crippen LogP contribution in [0.5, 0.6) is 11.5 Å². The van der Waals surface area contributed by atoms with E-state index in [1.807, 2.05) is 0 Å². The van der Waals surface area contributed by atoms with Gasteiger partial charge in [0.1, 0.15) is 71.9 Å². The van der Waals surface area contributed by atoms with E-state index >= 15 is 0 Å². The van der Waals surface area contributed by atoms with Gasteiger partial charge in [0.05, 0.1) is 19.4 Å². The van der Waals surface area contributed by atoms with Crippen LogP contribution in [0.25, 0.3) is 0 Å². The fraction of sp³-hybridized carbons (Fsp3) is 0.448. The lowest BCUT2D eigenvalue weighted by atomic mass is 10.0. The molecule has 0 radical (unpaired) electrons. The summed E-state index contributed by atoms with van der Waals surface area (Å²) in [4.78, 5) is 178. The molecule has 0 aliphatic carbocycles. The Morgan fingerprint density at radius 1 is 0.435 bits per heavy atom. The summed E-state index contributed by atoms with van der Waals surface area (Å²) >= 11 is 8.40. The first kappa shape index (κ1) is 76.5. The fourth-order valence-electron chi connectivity index (χ4n) is 8.80. The first-order chi connectivity index (χ1) is 43.4. The molecule has 10 atom stereocenters. The van der Waals surface area contributed by atoms with Crippen LogP contribution in [0.15, 0.2) is 83.9 Å². The van der Waals surface area contributed by atoms with Crippen LogP contribution >= 0.6 is 25.3 Å². The van der Waals surface area contributed by atoms with E-state index in [1.165, 1.54) is 48.5 Å². The predicted molar refractivity (Wildman–Crippen MR) is 340 cm³/mol. The summed E-state index contributed by atoms with van der Waals surface area (Å²) in [7, 11) is 0. The molecule has 0 aliphatic rings. The molecule has 3 aromatic rings. The lowest BCUT2D eigenvalue weighted by molar-refractivity contribution is -0.137. The number of carbonyl (C=O) groups excluding carboxylic acids is 13. The summed E-state index contributed by atoms with van der Waals surface area (Å²) in [6.45, 7) is 3.50. The van der Waals surface area contributed by atoms with E-state index in [1.54, 1.807) is 44.2 Å². The normalized spacial score (nSPS) is 14.2. The molecule has 0 saturated heterocycles. The molecule has 502 valence electrons. The minimum absolute atomic E-state index is 0.0104. The molecule has 0 aromatic heterocycles. The van der Waals surface area contributed by atoms with Crippen molar-refractivity contribution in [3.05, 3.63) is 95.6 Å². The molecule has 32 nitrogen and oxygen atoms in total. The van der Waals surface area contributed by atoms with E-state index in [-0.39, 0.29) is 74.2 Å². The van der Waals surface area contributed by atoms with Crippen molar-refractivity contribution in [3.63, 3.8) is 0 Å². The van der Waals surface area contributed by atoms with Crippen molar-refractivity contribution in [1.29, 1.82) is 0 Å². The van der Waals surface area contributed by atoms with Gasteiger partial charge in [-0.05, 0) is 66.1 Å². The van der Waals surface area contributed by atoms with Gasteiger partial charge in [0.25, 0.3) is 0 Å². The molecule has 0 unspecified atom stereocenters. The van der Waals surface area contributed by atoms with Crippen LogP contribution in [-0.2, 0) is 81.6 Å². The summed E-state index contributed by atoms with van der Waals surface area (Å²) in [5.41, 5.74) is 28.9. The first-order valence-corrected chi connectivity index (χ1v) is 30.0. The number of rotatable bonds is 39. The molecule has 3 rings (SSSR count). The molecule has 0 aliphatic heterocycles. The molecule has 13 amide bonds. The average molecular weight is 1320 g/mol. The van der Waals surface area contributed by atoms with Crippen LogP contribution in [0.1, 0.15) is 69.6 Å². The number of nitrogens with one attached hydrogen (secondary N) is 10. The number of amides is 13. The molecule has 0 spiro atoms. The number of guanidine groups is 1. The van der Waals surface area contributed by atoms with Gasteiger partial charge >= 0.3 is 0 Å². The van der Waals surface area contributed by atoms with Crippen molar-refractivity contribution in [1.82, 2.24) is 53.2 Å². The Balaban J connectivity index is 1.82. The maximum atomic E-state index is 14.3. The Hall–Kier alpha value is -9.70. The number of primary amides is 3. The maximum absolute atomic E-state index is 14.3. The number of nitrogens with two attached hydrogens (primary N) is 5. The summed E-state index contributed by atoms with van der Waals surface area (Å²) in [6, 6.07) is 3.86. The third-order valence-electron chi connectivity index (χ3n) is 13.5. The highest BCUT2D eigenvalue weighted by molar-refractivity contribution is 7.80. The summed E-state index contributed by atoms with van der Waals surface area (Å²) in [5.74, 6) is -14.7. The van der Waals surface area contributed by atoms with Gasteiger partial charge in [-0.1, -0.05) is 68.4 Å². The van der Waals surface area contributed by atoms with Crippen LogP contribution in [0.4, 0.5) is 0 Å². The number of hydrogen-bond donors (Lipinski definition) is 20. The van der Waals surface area contributed by atoms with Crippen molar-refractivity contribution in [2.24, 2.45) is 39.6 Å². The summed E-state index contributed by atoms with van der Waals surface area (Å²) in [6.07, 6.45) is -2.16. The third kappa shape index (κ3) is 27.6. The zero-order chi connectivity index (χ0) is 68.8. The Morgan fingerprint density at radius 3 is 1.18 bits per heavy atom. The number of nitrogens with zero attached hydrogens (tertiary/aromatic N) is 1. The van der Waals surface area contributed by atoms with Crippen molar-refractivity contribution < 1.29 is 77.6 Å². The predicted octanol–water partition coefficient (Wildman–Crippen LogP) is -5.82. The Bertz CT molecular complexity index is 3090. The Morgan fingerprint density at radius 2 is 0.772 bits per heavy atom. The van der Waals surface area contributed by atoms with E-state index in [9.17, 15) is 77.6 Å². The number of carbonyl (C=O) groups is 13. The minimum atomic E-state index is -1.92. The first-order valence-electron chi connectivity index (χ1n) is 28.8. The monoisotopic (exact) mass is 1320 g/mol. The summed E-state index contributed by atoms with van der Waals surface area (Å²) < 4.78 is 0. The third-order valence-corrected chi connectivity index (χ3v) is 14.2. The molecule has 0 fully saturated rings. The fourth-order valence-corrected chi connectivity index (χ4v) is 9.32. The number of phenols is 2. The second-order valence-electron chi connectivity index (χ2n) is 21.6. The van der Waals surface area contributed by atoms with Crippen molar-refractivity contribution in [3.8, 4) is 11.5 Å². The molecular weight excluding hydrogens is 1240 g/mol. The van der Waals surface area contributed by atoms with E-state index in [2.05, 4.69) is 83.4 Å². The van der Waals surface area contributed by atoms with Gasteiger partial charge in [0, 0.05) is 44.2 Å². The van der Waals surface area contributed by atoms with Crippen LogP contribution in [-0.4, -0.2) is 183 Å². The zero-order valence-corrected chi connectivity index (χ0v) is 52.5. The quantitative estimate of drug-likeness (QED) is 0.0109. The molecule has 92 heavy (non-hydrogen) atoms. The highest BCUT2D eigenvalue weighted by Crippen LogP contribution is 2.15. The molecule has 0 heterocycles. The second-order valence-corrected chi connectivity index (χ2v) is 22.3. The Labute approximate surface area is 540 Å². The van der Waals surface area contributed by atoms with E-state index in [4.69, 9.17) is 28.7 Å². The SMILES string of the molecule is CC(=O)N[C@@H](Cc1ccc(O)cc1)C(=O)N[C@@H](CC(N)=O)C(=O)N[C@H](CS)C(=O)N[C@@H](CC(N)=O)C(=O)N[C@@H](CO)C(=O)N[C@@H](Cc1ccccc1)C(=O)N[C@@H](CS)C(=O)N[C@@H](CC(C)C)C(=O)N[C@@H](CCCN=C(N)N)C(=O)N[C@@H](Cc1ccc(O)cc1)C(N)=O. The molecule has 3 aromatic carbocycles. The van der Waals surface area contributed by atoms with Crippen LogP contribution in [0, 0.1) is 5.92 Å². The number of phenolic OH excluding ortho intramolecular Hbond substituents is 2. The molecular formula is C58H82N16O16S2. The van der Waals surface area contributed by atoms with Crippen LogP contribution in [0.3, 0.4) is 0 Å². The molecule has 23 N–H and O–H groups in total. The number of aliphatic imine (C=N–C) groups is 1. The van der Waals surface area contributed by atoms with Crippen molar-refractivity contribution in [2.75, 3.05) is 24.7 Å². The smallest absolute Gasteiger partial charge is 0.245 e. The van der Waals surface area contributed by atoms with Gasteiger partial charge in [-0.3, -0.25) is 67.3 Å². The number of hydrogen-bond acceptors (Lipinski definition) is 19. The van der Waals surface area contributed by atoms with Crippen LogP contribution < -0.4 is 81.8 Å². The highest BCUT2D eigenvalue weighted by Gasteiger charge is 2.36. The number of aliphatic hydroxyl groups excluding tert-OH is 1. The standard InChI is InChI=1S/C58H82N16O16S2/c1-29(2)20-38(50(83)66-36(10-7-19-64-58(62)63)49(82)67-37(48(61)81)21-32-11-15-34(77)16-12-32)68-56(89)44(27-91)73-52(85)40(22-31-8-5-4-6-9-31)69-55(88)43(26-75)72-53(86)41(24-46(59)79)71-57(90)45(28-92)74-54(87)42(25-47(60)80)70-51(84)39(65-30(3)76)23-33-13-17-35(78)18-14-33/h4-6,8-9,11-18,29,36-45,75,77-78,91-92H,7,10,19-28H2,1-3H3,(H2,59,79)(H2,60,80)(H2,61,81)(H,65,76)(H,66,83)(H,67,82)(H,68,89)(H,69,88)(H,70,84)(H,71,90)(H,72,86)(H,73,85)(H,74,87)(H4,62,63,64)/t36-,37-,38-,39-,40-,41-,42-,43-,44-,45+/m0/s1. The number of aliphatic hydroxyl groups is 1. The molecule has 34 heteroatoms. The largest absolute Gasteiger partial charge is 0.508 e. The summed E-state index contributed by atoms with van der Waals surface area (Å²) in [5, 5.41) is 54.0. The highest BCUT2D eigenvalue weighted by atomic mass is 32.1. The minimum Gasteiger partial charge on any atom is -0.508 e. The maximum Gasteiger partial charge on any atom is 0.245 e. The van der Waals surface area contributed by atoms with Gasteiger partial charge < -0.3 is 97.2 Å². The van der Waals surface area contributed by atoms with Gasteiger partial charge in [-0.2, -0.15) is 25.3 Å². The molecule has 0 saturated carbocycles. The lowest BCUT2D eigenvalue weighted by Crippen LogP contribution is -2.62. The van der Waals surface area contributed by atoms with Crippen molar-refractivity contribution >= 4 is 108 Å². The number of aromatic hydroxyl groups is 2. The lowest BCUT2D eigenvalue weighted by Gasteiger charge is -2.28. The molecule has 0 bridgehead atoms. The number of thiol groups is 2. The van der Waals surface area contributed by atoms with Crippen LogP contribution in [0.2, 0.25) is 0 Å². The zero-order valence-electron chi connectivity index (χ0n) is 50.7. The van der Waals surface area contributed by atoms with Gasteiger partial charge in [-0.15, -0.1) is 0 Å². The van der Waals surface area contributed by atoms with Gasteiger partial charge in [0.15, 0.2) is 5.96 Å². The van der Waals surface area contributed by atoms with E-state index in [0.29, 0.717) is 16.7 Å². The van der Waals surface area contributed by atoms with Gasteiger partial charge in [-0.25, -0.2) is 0 Å². The number of benzene rings is 3. The topological polar surface area (TPSA) is 545 Å². The van der Waals surface area contributed by atoms with E-state index in [0.717, 1.165) is 6.92 Å².